The SMILES string of the molecule is C=CCCCCCCCCCNCCCNCc1ccccc1. The van der Waals surface area contributed by atoms with E-state index in [0.717, 1.165) is 19.6 Å². The highest BCUT2D eigenvalue weighted by molar-refractivity contribution is 5.14. The molecule has 0 radical (unpaired) electrons. The summed E-state index contributed by atoms with van der Waals surface area (Å²) in [6, 6.07) is 10.6. The van der Waals surface area contributed by atoms with E-state index in [-0.39, 0.29) is 0 Å². The molecule has 2 nitrogen and oxygen atoms in total. The summed E-state index contributed by atoms with van der Waals surface area (Å²) in [6.07, 6.45) is 14.0. The molecule has 0 heterocycles. The number of hydrogen-bond donors (Lipinski definition) is 2. The Morgan fingerprint density at radius 1 is 0.696 bits per heavy atom. The van der Waals surface area contributed by atoms with Crippen molar-refractivity contribution in [2.75, 3.05) is 19.6 Å². The molecule has 0 saturated carbocycles. The third-order valence-electron chi connectivity index (χ3n) is 4.14. The Labute approximate surface area is 143 Å². The average Bonchev–Trinajstić information content (AvgIpc) is 2.59. The Morgan fingerprint density at radius 2 is 1.30 bits per heavy atom. The summed E-state index contributed by atoms with van der Waals surface area (Å²) in [4.78, 5) is 0. The highest BCUT2D eigenvalue weighted by Crippen LogP contribution is 2.08. The molecule has 0 atom stereocenters. The van der Waals surface area contributed by atoms with Gasteiger partial charge in [-0.3, -0.25) is 0 Å². The standard InChI is InChI=1S/C21H36N2/c1-2-3-4-5-6-7-8-9-13-17-22-18-14-19-23-20-21-15-11-10-12-16-21/h2,10-12,15-16,22-23H,1,3-9,13-14,17-20H2. The third kappa shape index (κ3) is 13.1. The summed E-state index contributed by atoms with van der Waals surface area (Å²) < 4.78 is 0. The molecule has 2 heteroatoms. The van der Waals surface area contributed by atoms with Gasteiger partial charge in [0.05, 0.1) is 0 Å². The van der Waals surface area contributed by atoms with Gasteiger partial charge in [0, 0.05) is 6.54 Å². The van der Waals surface area contributed by atoms with Crippen molar-refractivity contribution in [3.63, 3.8) is 0 Å². The van der Waals surface area contributed by atoms with E-state index >= 15 is 0 Å². The number of benzene rings is 1. The fraction of sp³-hybridized carbons (Fsp3) is 0.619. The molecule has 1 aromatic carbocycles. The van der Waals surface area contributed by atoms with Crippen LogP contribution in [-0.2, 0) is 6.54 Å². The van der Waals surface area contributed by atoms with E-state index in [4.69, 9.17) is 0 Å². The van der Waals surface area contributed by atoms with E-state index in [9.17, 15) is 0 Å². The lowest BCUT2D eigenvalue weighted by Gasteiger charge is -2.07. The third-order valence-corrected chi connectivity index (χ3v) is 4.14. The van der Waals surface area contributed by atoms with Gasteiger partial charge in [0.2, 0.25) is 0 Å². The molecule has 130 valence electrons. The van der Waals surface area contributed by atoms with Crippen LogP contribution in [0.2, 0.25) is 0 Å². The van der Waals surface area contributed by atoms with Crippen LogP contribution >= 0.6 is 0 Å². The lowest BCUT2D eigenvalue weighted by Crippen LogP contribution is -2.22. The zero-order valence-electron chi connectivity index (χ0n) is 14.9. The minimum atomic E-state index is 0.980. The van der Waals surface area contributed by atoms with Gasteiger partial charge in [0.25, 0.3) is 0 Å². The Kier molecular flexibility index (Phi) is 13.7. The Bertz CT molecular complexity index is 361. The van der Waals surface area contributed by atoms with Crippen molar-refractivity contribution in [3.8, 4) is 0 Å². The van der Waals surface area contributed by atoms with Gasteiger partial charge in [-0.05, 0) is 50.9 Å². The molecule has 0 amide bonds. The van der Waals surface area contributed by atoms with Crippen molar-refractivity contribution >= 4 is 0 Å². The van der Waals surface area contributed by atoms with E-state index in [1.165, 1.54) is 69.9 Å². The number of rotatable bonds is 16. The van der Waals surface area contributed by atoms with Crippen molar-refractivity contribution in [1.82, 2.24) is 10.6 Å². The van der Waals surface area contributed by atoms with Crippen LogP contribution in [0.1, 0.15) is 63.4 Å². The first-order valence-electron chi connectivity index (χ1n) is 9.49. The summed E-state index contributed by atoms with van der Waals surface area (Å²) in [5.74, 6) is 0. The molecule has 1 rings (SSSR count). The molecule has 0 saturated heterocycles. The smallest absolute Gasteiger partial charge is 0.0205 e. The fourth-order valence-corrected chi connectivity index (χ4v) is 2.71. The first kappa shape index (κ1) is 19.9. The number of allylic oxidation sites excluding steroid dienone is 1. The monoisotopic (exact) mass is 316 g/mol. The molecule has 0 bridgehead atoms. The summed E-state index contributed by atoms with van der Waals surface area (Å²) in [6.45, 7) is 8.14. The van der Waals surface area contributed by atoms with Crippen molar-refractivity contribution in [2.24, 2.45) is 0 Å². The molecule has 0 aliphatic carbocycles. The minimum Gasteiger partial charge on any atom is -0.317 e. The fourth-order valence-electron chi connectivity index (χ4n) is 2.71. The molecule has 0 aromatic heterocycles. The predicted molar refractivity (Wildman–Crippen MR) is 103 cm³/mol. The van der Waals surface area contributed by atoms with Gasteiger partial charge in [-0.1, -0.05) is 68.5 Å². The van der Waals surface area contributed by atoms with E-state index in [2.05, 4.69) is 47.5 Å². The van der Waals surface area contributed by atoms with Gasteiger partial charge >= 0.3 is 0 Å². The van der Waals surface area contributed by atoms with Gasteiger partial charge < -0.3 is 10.6 Å². The molecule has 2 N–H and O–H groups in total. The number of unbranched alkanes of at least 4 members (excludes halogenated alkanes) is 7. The van der Waals surface area contributed by atoms with Gasteiger partial charge in [0.15, 0.2) is 0 Å². The molecule has 0 aliphatic rings. The highest BCUT2D eigenvalue weighted by atomic mass is 14.9. The van der Waals surface area contributed by atoms with E-state index < -0.39 is 0 Å². The first-order valence-corrected chi connectivity index (χ1v) is 9.49. The predicted octanol–water partition coefficient (Wildman–Crippen LogP) is 5.06. The normalized spacial score (nSPS) is 10.8. The number of hydrogen-bond acceptors (Lipinski definition) is 2. The van der Waals surface area contributed by atoms with Crippen molar-refractivity contribution in [2.45, 2.75) is 64.3 Å². The van der Waals surface area contributed by atoms with E-state index in [1.54, 1.807) is 0 Å². The van der Waals surface area contributed by atoms with Crippen LogP contribution in [0.4, 0.5) is 0 Å². The maximum absolute atomic E-state index is 3.76. The van der Waals surface area contributed by atoms with Crippen LogP contribution in [0, 0.1) is 0 Å². The van der Waals surface area contributed by atoms with E-state index in [1.807, 2.05) is 6.08 Å². The first-order chi connectivity index (χ1) is 11.4. The number of nitrogens with one attached hydrogen (secondary N) is 2. The van der Waals surface area contributed by atoms with Crippen LogP contribution in [-0.4, -0.2) is 19.6 Å². The molecule has 0 fully saturated rings. The minimum absolute atomic E-state index is 0.980. The Balaban J connectivity index is 1.72. The molecular formula is C21H36N2. The molecule has 1 aromatic rings. The Hall–Kier alpha value is -1.12. The zero-order valence-corrected chi connectivity index (χ0v) is 14.9. The molecule has 0 aliphatic heterocycles. The van der Waals surface area contributed by atoms with Gasteiger partial charge in [-0.2, -0.15) is 0 Å². The Morgan fingerprint density at radius 3 is 2.04 bits per heavy atom. The maximum Gasteiger partial charge on any atom is 0.0205 e. The topological polar surface area (TPSA) is 24.1 Å². The van der Waals surface area contributed by atoms with Crippen LogP contribution in [0.5, 0.6) is 0 Å². The summed E-state index contributed by atoms with van der Waals surface area (Å²) in [7, 11) is 0. The second-order valence-corrected chi connectivity index (χ2v) is 6.32. The summed E-state index contributed by atoms with van der Waals surface area (Å²) >= 11 is 0. The second kappa shape index (κ2) is 15.8. The van der Waals surface area contributed by atoms with Crippen molar-refractivity contribution < 1.29 is 0 Å². The quantitative estimate of drug-likeness (QED) is 0.329. The molecule has 23 heavy (non-hydrogen) atoms. The van der Waals surface area contributed by atoms with Gasteiger partial charge in [-0.25, -0.2) is 0 Å². The van der Waals surface area contributed by atoms with Crippen LogP contribution in [0.15, 0.2) is 43.0 Å². The highest BCUT2D eigenvalue weighted by Gasteiger charge is 1.93. The molecular weight excluding hydrogens is 280 g/mol. The van der Waals surface area contributed by atoms with E-state index in [0.29, 0.717) is 0 Å². The summed E-state index contributed by atoms with van der Waals surface area (Å²) in [5.41, 5.74) is 1.37. The largest absolute Gasteiger partial charge is 0.317 e. The van der Waals surface area contributed by atoms with Crippen LogP contribution in [0.3, 0.4) is 0 Å². The maximum atomic E-state index is 3.76. The molecule has 0 spiro atoms. The summed E-state index contributed by atoms with van der Waals surface area (Å²) in [5, 5.41) is 7.05. The van der Waals surface area contributed by atoms with Crippen LogP contribution in [0.25, 0.3) is 0 Å². The average molecular weight is 317 g/mol. The zero-order chi connectivity index (χ0) is 16.4. The lowest BCUT2D eigenvalue weighted by atomic mass is 10.1. The molecule has 0 unspecified atom stereocenters. The van der Waals surface area contributed by atoms with Crippen LogP contribution < -0.4 is 10.6 Å². The van der Waals surface area contributed by atoms with Crippen molar-refractivity contribution in [3.05, 3.63) is 48.6 Å². The van der Waals surface area contributed by atoms with Gasteiger partial charge in [0.1, 0.15) is 0 Å². The van der Waals surface area contributed by atoms with Gasteiger partial charge in [-0.15, -0.1) is 6.58 Å². The lowest BCUT2D eigenvalue weighted by molar-refractivity contribution is 0.545. The second-order valence-electron chi connectivity index (χ2n) is 6.32. The van der Waals surface area contributed by atoms with Crippen molar-refractivity contribution in [1.29, 1.82) is 0 Å².